The summed E-state index contributed by atoms with van der Waals surface area (Å²) in [6.45, 7) is 0. The summed E-state index contributed by atoms with van der Waals surface area (Å²) in [6, 6.07) is 4.11. The van der Waals surface area contributed by atoms with Crippen LogP contribution in [0.5, 0.6) is 0 Å². The van der Waals surface area contributed by atoms with Crippen LogP contribution in [0.3, 0.4) is 0 Å². The molecule has 1 atom stereocenters. The van der Waals surface area contributed by atoms with Crippen LogP contribution in [0.4, 0.5) is 0 Å². The number of likely N-dealkylation sites (N-methyl/N-ethyl adjacent to an activating group) is 1. The maximum absolute atomic E-state index is 12.5. The lowest BCUT2D eigenvalue weighted by Gasteiger charge is -2.30. The first kappa shape index (κ1) is 15.4. The van der Waals surface area contributed by atoms with E-state index in [1.807, 2.05) is 0 Å². The summed E-state index contributed by atoms with van der Waals surface area (Å²) in [7, 11) is 1.48. The van der Waals surface area contributed by atoms with Gasteiger partial charge in [0.15, 0.2) is 6.29 Å². The van der Waals surface area contributed by atoms with Crippen LogP contribution in [-0.4, -0.2) is 42.0 Å². The highest BCUT2D eigenvalue weighted by atomic mass is 79.9. The number of halogens is 1. The van der Waals surface area contributed by atoms with E-state index in [2.05, 4.69) is 21.2 Å². The topological polar surface area (TPSA) is 83.6 Å². The molecule has 0 aliphatic carbocycles. The van der Waals surface area contributed by atoms with Gasteiger partial charge < -0.3 is 4.90 Å². The molecule has 0 aromatic heterocycles. The zero-order valence-corrected chi connectivity index (χ0v) is 12.8. The number of nitrogens with one attached hydrogen (secondary N) is 1. The Morgan fingerprint density at radius 3 is 2.76 bits per heavy atom. The summed E-state index contributed by atoms with van der Waals surface area (Å²) in [5, 5.41) is 2.21. The lowest BCUT2D eigenvalue weighted by Crippen LogP contribution is -2.53. The fourth-order valence-corrected chi connectivity index (χ4v) is 2.69. The maximum Gasteiger partial charge on any atom is 0.255 e. The van der Waals surface area contributed by atoms with Crippen molar-refractivity contribution in [2.75, 3.05) is 7.05 Å². The van der Waals surface area contributed by atoms with E-state index in [-0.39, 0.29) is 29.9 Å². The third-order valence-electron chi connectivity index (χ3n) is 3.40. The molecule has 6 nitrogen and oxygen atoms in total. The molecular weight excluding hydrogens is 340 g/mol. The van der Waals surface area contributed by atoms with Crippen molar-refractivity contribution in [3.8, 4) is 0 Å². The van der Waals surface area contributed by atoms with Crippen LogP contribution in [0.2, 0.25) is 0 Å². The van der Waals surface area contributed by atoms with Gasteiger partial charge in [-0.05, 0) is 18.6 Å². The second-order valence-electron chi connectivity index (χ2n) is 4.70. The molecule has 21 heavy (non-hydrogen) atoms. The molecule has 0 radical (unpaired) electrons. The normalized spacial score (nSPS) is 18.1. The Balaban J connectivity index is 2.28. The molecule has 1 fully saturated rings. The highest BCUT2D eigenvalue weighted by Crippen LogP contribution is 2.21. The second kappa shape index (κ2) is 6.17. The molecule has 1 unspecified atom stereocenters. The summed E-state index contributed by atoms with van der Waals surface area (Å²) in [5.41, 5.74) is 0.452. The van der Waals surface area contributed by atoms with Crippen LogP contribution in [0.25, 0.3) is 0 Å². The Morgan fingerprint density at radius 2 is 2.14 bits per heavy atom. The third-order valence-corrected chi connectivity index (χ3v) is 4.09. The average molecular weight is 353 g/mol. The first-order chi connectivity index (χ1) is 9.95. The predicted octanol–water partition coefficient (Wildman–Crippen LogP) is 1.14. The number of imide groups is 1. The van der Waals surface area contributed by atoms with Gasteiger partial charge in [0.05, 0.1) is 5.56 Å². The summed E-state index contributed by atoms with van der Waals surface area (Å²) in [5.74, 6) is -1.27. The Labute approximate surface area is 129 Å². The number of nitrogens with zero attached hydrogens (tertiary/aromatic N) is 1. The smallest absolute Gasteiger partial charge is 0.255 e. The summed E-state index contributed by atoms with van der Waals surface area (Å²) in [6.07, 6.45) is 1.06. The molecule has 1 heterocycles. The van der Waals surface area contributed by atoms with Crippen molar-refractivity contribution >= 4 is 39.9 Å². The minimum absolute atomic E-state index is 0.188. The van der Waals surface area contributed by atoms with Gasteiger partial charge in [0.25, 0.3) is 5.91 Å². The first-order valence-corrected chi connectivity index (χ1v) is 7.09. The van der Waals surface area contributed by atoms with Gasteiger partial charge in [-0.2, -0.15) is 0 Å². The lowest BCUT2D eigenvalue weighted by atomic mass is 10.0. The number of hydrogen-bond donors (Lipinski definition) is 1. The zero-order chi connectivity index (χ0) is 15.6. The van der Waals surface area contributed by atoms with E-state index in [9.17, 15) is 19.2 Å². The molecule has 1 aromatic carbocycles. The van der Waals surface area contributed by atoms with Crippen molar-refractivity contribution < 1.29 is 19.2 Å². The van der Waals surface area contributed by atoms with Crippen LogP contribution in [0.15, 0.2) is 22.7 Å². The lowest BCUT2D eigenvalue weighted by molar-refractivity contribution is -0.136. The molecule has 0 bridgehead atoms. The molecule has 1 saturated heterocycles. The Morgan fingerprint density at radius 1 is 1.43 bits per heavy atom. The van der Waals surface area contributed by atoms with E-state index in [0.29, 0.717) is 10.8 Å². The van der Waals surface area contributed by atoms with Crippen molar-refractivity contribution in [1.29, 1.82) is 0 Å². The van der Waals surface area contributed by atoms with Crippen molar-refractivity contribution in [3.05, 3.63) is 33.8 Å². The maximum atomic E-state index is 12.5. The molecule has 1 N–H and O–H groups in total. The fraction of sp³-hybridized carbons (Fsp3) is 0.286. The van der Waals surface area contributed by atoms with Crippen molar-refractivity contribution in [2.24, 2.45) is 0 Å². The number of amides is 3. The first-order valence-electron chi connectivity index (χ1n) is 6.30. The van der Waals surface area contributed by atoms with Gasteiger partial charge >= 0.3 is 0 Å². The molecule has 1 aromatic rings. The van der Waals surface area contributed by atoms with Crippen molar-refractivity contribution in [2.45, 2.75) is 18.9 Å². The van der Waals surface area contributed by atoms with Crippen LogP contribution >= 0.6 is 15.9 Å². The van der Waals surface area contributed by atoms with Gasteiger partial charge in [0, 0.05) is 23.5 Å². The zero-order valence-electron chi connectivity index (χ0n) is 11.3. The number of piperidine rings is 1. The fourth-order valence-electron chi connectivity index (χ4n) is 2.23. The summed E-state index contributed by atoms with van der Waals surface area (Å²) >= 11 is 3.21. The Kier molecular flexibility index (Phi) is 4.52. The van der Waals surface area contributed by atoms with E-state index in [4.69, 9.17) is 0 Å². The average Bonchev–Trinajstić information content (AvgIpc) is 2.45. The van der Waals surface area contributed by atoms with Crippen LogP contribution in [-0.2, 0) is 9.59 Å². The van der Waals surface area contributed by atoms with E-state index in [1.165, 1.54) is 18.0 Å². The van der Waals surface area contributed by atoms with E-state index >= 15 is 0 Å². The SMILES string of the molecule is CN(C(=O)c1cccc(Br)c1C=O)C1CCC(=O)NC1=O. The second-order valence-corrected chi connectivity index (χ2v) is 5.56. The number of aldehydes is 1. The number of hydrogen-bond acceptors (Lipinski definition) is 4. The molecule has 0 saturated carbocycles. The number of carbonyl (C=O) groups excluding carboxylic acids is 4. The number of carbonyl (C=O) groups is 4. The van der Waals surface area contributed by atoms with Gasteiger partial charge in [-0.3, -0.25) is 24.5 Å². The van der Waals surface area contributed by atoms with Crippen LogP contribution < -0.4 is 5.32 Å². The Hall–Kier alpha value is -2.02. The molecule has 2 rings (SSSR count). The van der Waals surface area contributed by atoms with Crippen LogP contribution in [0.1, 0.15) is 33.6 Å². The van der Waals surface area contributed by atoms with Gasteiger partial charge in [-0.25, -0.2) is 0 Å². The van der Waals surface area contributed by atoms with Crippen LogP contribution in [0, 0.1) is 0 Å². The monoisotopic (exact) mass is 352 g/mol. The molecule has 0 spiro atoms. The van der Waals surface area contributed by atoms with E-state index in [0.717, 1.165) is 0 Å². The summed E-state index contributed by atoms with van der Waals surface area (Å²) < 4.78 is 0.514. The molecular formula is C14H13BrN2O4. The van der Waals surface area contributed by atoms with Gasteiger partial charge in [-0.15, -0.1) is 0 Å². The quantitative estimate of drug-likeness (QED) is 0.653. The molecule has 7 heteroatoms. The minimum Gasteiger partial charge on any atom is -0.330 e. The summed E-state index contributed by atoms with van der Waals surface area (Å²) in [4.78, 5) is 47.8. The highest BCUT2D eigenvalue weighted by Gasteiger charge is 2.33. The van der Waals surface area contributed by atoms with E-state index in [1.54, 1.807) is 12.1 Å². The molecule has 1 aliphatic heterocycles. The number of rotatable bonds is 3. The number of benzene rings is 1. The van der Waals surface area contributed by atoms with Gasteiger partial charge in [0.1, 0.15) is 6.04 Å². The van der Waals surface area contributed by atoms with Gasteiger partial charge in [0.2, 0.25) is 11.8 Å². The molecule has 3 amide bonds. The minimum atomic E-state index is -0.714. The largest absolute Gasteiger partial charge is 0.330 e. The molecule has 1 aliphatic rings. The third kappa shape index (κ3) is 3.02. The Bertz CT molecular complexity index is 629. The standard InChI is InChI=1S/C14H13BrN2O4/c1-17(11-5-6-12(19)16-13(11)20)14(21)8-3-2-4-10(15)9(8)7-18/h2-4,7,11H,5-6H2,1H3,(H,16,19,20). The highest BCUT2D eigenvalue weighted by molar-refractivity contribution is 9.10. The van der Waals surface area contributed by atoms with Gasteiger partial charge in [-0.1, -0.05) is 22.0 Å². The van der Waals surface area contributed by atoms with Crippen molar-refractivity contribution in [3.63, 3.8) is 0 Å². The molecule has 110 valence electrons. The van der Waals surface area contributed by atoms with E-state index < -0.39 is 17.9 Å². The predicted molar refractivity (Wildman–Crippen MR) is 77.8 cm³/mol. The van der Waals surface area contributed by atoms with Crippen molar-refractivity contribution in [1.82, 2.24) is 10.2 Å².